The molecule has 0 aliphatic heterocycles. The van der Waals surface area contributed by atoms with E-state index in [1.54, 1.807) is 38.9 Å². The van der Waals surface area contributed by atoms with Crippen LogP contribution >= 0.6 is 11.3 Å². The minimum Gasteiger partial charge on any atom is -0.497 e. The first-order chi connectivity index (χ1) is 13.1. The number of thiazole rings is 1. The van der Waals surface area contributed by atoms with Crippen LogP contribution in [0.15, 0.2) is 30.5 Å². The standard InChI is InChI=1S/C20H19N3O3S/c1-11-5-14(18-15(6-11)22-12(9-21-18)10-24-2)20-23-19-16(26-4)7-13(25-3)8-17(19)27-20/h5-9H,10H2,1-4H3. The SMILES string of the molecule is COCc1cnc2c(-c3nc4c(OC)cc(OC)cc4s3)cc(C)cc2n1. The molecule has 0 unspecified atom stereocenters. The molecule has 0 atom stereocenters. The van der Waals surface area contributed by atoms with Crippen LogP contribution in [0.4, 0.5) is 0 Å². The summed E-state index contributed by atoms with van der Waals surface area (Å²) in [5, 5.41) is 0.874. The first-order valence-corrected chi connectivity index (χ1v) is 9.22. The minimum atomic E-state index is 0.435. The van der Waals surface area contributed by atoms with Gasteiger partial charge in [-0.05, 0) is 30.7 Å². The van der Waals surface area contributed by atoms with E-state index in [2.05, 4.69) is 16.0 Å². The molecular formula is C20H19N3O3S. The molecule has 0 bridgehead atoms. The van der Waals surface area contributed by atoms with Crippen molar-refractivity contribution >= 4 is 32.6 Å². The lowest BCUT2D eigenvalue weighted by molar-refractivity contribution is 0.181. The van der Waals surface area contributed by atoms with Gasteiger partial charge in [-0.1, -0.05) is 0 Å². The number of hydrogen-bond donors (Lipinski definition) is 0. The molecule has 7 heteroatoms. The van der Waals surface area contributed by atoms with Crippen molar-refractivity contribution in [1.29, 1.82) is 0 Å². The van der Waals surface area contributed by atoms with Crippen molar-refractivity contribution in [2.24, 2.45) is 0 Å². The molecule has 0 saturated heterocycles. The maximum atomic E-state index is 5.50. The van der Waals surface area contributed by atoms with Gasteiger partial charge in [0.2, 0.25) is 0 Å². The number of aromatic nitrogens is 3. The first kappa shape index (κ1) is 17.6. The largest absolute Gasteiger partial charge is 0.497 e. The van der Waals surface area contributed by atoms with Crippen LogP contribution < -0.4 is 9.47 Å². The normalized spacial score (nSPS) is 11.3. The van der Waals surface area contributed by atoms with Gasteiger partial charge in [0.25, 0.3) is 0 Å². The van der Waals surface area contributed by atoms with Crippen molar-refractivity contribution in [2.45, 2.75) is 13.5 Å². The van der Waals surface area contributed by atoms with Gasteiger partial charge in [-0.3, -0.25) is 4.98 Å². The van der Waals surface area contributed by atoms with Gasteiger partial charge in [-0.15, -0.1) is 11.3 Å². The molecule has 0 fully saturated rings. The predicted molar refractivity (Wildman–Crippen MR) is 107 cm³/mol. The van der Waals surface area contributed by atoms with Crippen molar-refractivity contribution in [3.05, 3.63) is 41.7 Å². The fourth-order valence-electron chi connectivity index (χ4n) is 3.05. The summed E-state index contributed by atoms with van der Waals surface area (Å²) in [6.07, 6.45) is 1.75. The van der Waals surface area contributed by atoms with E-state index in [0.717, 1.165) is 48.8 Å². The van der Waals surface area contributed by atoms with Crippen LogP contribution in [0.1, 0.15) is 11.3 Å². The molecule has 0 radical (unpaired) electrons. The number of nitrogens with zero attached hydrogens (tertiary/aromatic N) is 3. The van der Waals surface area contributed by atoms with Gasteiger partial charge in [0.15, 0.2) is 0 Å². The molecule has 0 N–H and O–H groups in total. The predicted octanol–water partition coefficient (Wildman–Crippen LogP) is 4.38. The van der Waals surface area contributed by atoms with E-state index < -0.39 is 0 Å². The van der Waals surface area contributed by atoms with Crippen molar-refractivity contribution in [3.63, 3.8) is 0 Å². The number of ether oxygens (including phenoxy) is 3. The van der Waals surface area contributed by atoms with E-state index in [-0.39, 0.29) is 0 Å². The lowest BCUT2D eigenvalue weighted by Crippen LogP contribution is -1.96. The molecule has 0 amide bonds. The smallest absolute Gasteiger partial charge is 0.149 e. The molecule has 138 valence electrons. The Labute approximate surface area is 160 Å². The Hall–Kier alpha value is -2.77. The van der Waals surface area contributed by atoms with Gasteiger partial charge in [0.1, 0.15) is 22.0 Å². The zero-order chi connectivity index (χ0) is 19.0. The first-order valence-electron chi connectivity index (χ1n) is 8.41. The molecule has 2 aromatic heterocycles. The second-order valence-electron chi connectivity index (χ2n) is 6.17. The summed E-state index contributed by atoms with van der Waals surface area (Å²) < 4.78 is 17.0. The van der Waals surface area contributed by atoms with Gasteiger partial charge in [0.05, 0.1) is 48.5 Å². The molecule has 2 aromatic carbocycles. The number of aryl methyl sites for hydroxylation is 1. The molecule has 6 nitrogen and oxygen atoms in total. The van der Waals surface area contributed by atoms with E-state index >= 15 is 0 Å². The minimum absolute atomic E-state index is 0.435. The Kier molecular flexibility index (Phi) is 4.63. The van der Waals surface area contributed by atoms with Crippen LogP contribution in [0.2, 0.25) is 0 Å². The summed E-state index contributed by atoms with van der Waals surface area (Å²) in [5.74, 6) is 1.44. The quantitative estimate of drug-likeness (QED) is 0.511. The lowest BCUT2D eigenvalue weighted by Gasteiger charge is -2.06. The zero-order valence-corrected chi connectivity index (χ0v) is 16.4. The lowest BCUT2D eigenvalue weighted by atomic mass is 10.1. The highest BCUT2D eigenvalue weighted by atomic mass is 32.1. The maximum Gasteiger partial charge on any atom is 0.149 e. The molecular weight excluding hydrogens is 362 g/mol. The average Bonchev–Trinajstić information content (AvgIpc) is 3.10. The van der Waals surface area contributed by atoms with Crippen LogP contribution in [-0.2, 0) is 11.3 Å². The molecule has 27 heavy (non-hydrogen) atoms. The van der Waals surface area contributed by atoms with E-state index in [1.165, 1.54) is 0 Å². The van der Waals surface area contributed by atoms with Crippen LogP contribution in [0.5, 0.6) is 11.5 Å². The molecule has 0 spiro atoms. The van der Waals surface area contributed by atoms with E-state index in [1.807, 2.05) is 25.1 Å². The average molecular weight is 381 g/mol. The van der Waals surface area contributed by atoms with Gasteiger partial charge < -0.3 is 14.2 Å². The molecule has 0 aliphatic carbocycles. The highest BCUT2D eigenvalue weighted by molar-refractivity contribution is 7.21. The second kappa shape index (κ2) is 7.09. The van der Waals surface area contributed by atoms with Crippen molar-refractivity contribution in [1.82, 2.24) is 15.0 Å². The summed E-state index contributed by atoms with van der Waals surface area (Å²) in [6.45, 7) is 2.48. The Morgan fingerprint density at radius 3 is 2.56 bits per heavy atom. The second-order valence-corrected chi connectivity index (χ2v) is 7.20. The van der Waals surface area contributed by atoms with Crippen molar-refractivity contribution in [3.8, 4) is 22.1 Å². The number of rotatable bonds is 5. The Balaban J connectivity index is 1.93. The summed E-state index contributed by atoms with van der Waals surface area (Å²) in [7, 11) is 4.93. The highest BCUT2D eigenvalue weighted by Crippen LogP contribution is 2.39. The van der Waals surface area contributed by atoms with Gasteiger partial charge >= 0.3 is 0 Å². The highest BCUT2D eigenvalue weighted by Gasteiger charge is 2.16. The third kappa shape index (κ3) is 3.20. The van der Waals surface area contributed by atoms with Crippen LogP contribution in [0, 0.1) is 6.92 Å². The van der Waals surface area contributed by atoms with E-state index in [0.29, 0.717) is 12.4 Å². The van der Waals surface area contributed by atoms with Gasteiger partial charge in [-0.25, -0.2) is 9.97 Å². The molecule has 0 aliphatic rings. The fraction of sp³-hybridized carbons (Fsp3) is 0.250. The van der Waals surface area contributed by atoms with Crippen molar-refractivity contribution in [2.75, 3.05) is 21.3 Å². The summed E-state index contributed by atoms with van der Waals surface area (Å²) in [6, 6.07) is 7.94. The Morgan fingerprint density at radius 1 is 0.963 bits per heavy atom. The number of benzene rings is 2. The number of fused-ring (bicyclic) bond motifs is 2. The van der Waals surface area contributed by atoms with Crippen LogP contribution in [0.3, 0.4) is 0 Å². The maximum absolute atomic E-state index is 5.50. The van der Waals surface area contributed by atoms with Gasteiger partial charge in [0, 0.05) is 18.7 Å². The van der Waals surface area contributed by atoms with Crippen molar-refractivity contribution < 1.29 is 14.2 Å². The van der Waals surface area contributed by atoms with Crippen LogP contribution in [0.25, 0.3) is 31.8 Å². The van der Waals surface area contributed by atoms with E-state index in [4.69, 9.17) is 19.2 Å². The molecule has 2 heterocycles. The third-order valence-corrected chi connectivity index (χ3v) is 5.29. The summed E-state index contributed by atoms with van der Waals surface area (Å²) >= 11 is 1.58. The summed E-state index contributed by atoms with van der Waals surface area (Å²) in [5.41, 5.74) is 5.34. The third-order valence-electron chi connectivity index (χ3n) is 4.25. The Morgan fingerprint density at radius 2 is 1.81 bits per heavy atom. The van der Waals surface area contributed by atoms with Gasteiger partial charge in [-0.2, -0.15) is 0 Å². The molecule has 4 aromatic rings. The fourth-order valence-corrected chi connectivity index (χ4v) is 4.08. The molecule has 4 rings (SSSR count). The Bertz CT molecular complexity index is 1140. The van der Waals surface area contributed by atoms with E-state index in [9.17, 15) is 0 Å². The topological polar surface area (TPSA) is 66.4 Å². The summed E-state index contributed by atoms with van der Waals surface area (Å²) in [4.78, 5) is 14.1. The van der Waals surface area contributed by atoms with Crippen LogP contribution in [-0.4, -0.2) is 36.3 Å². The molecule has 0 saturated carbocycles. The zero-order valence-electron chi connectivity index (χ0n) is 15.6. The number of methoxy groups -OCH3 is 3. The number of hydrogen-bond acceptors (Lipinski definition) is 7. The monoisotopic (exact) mass is 381 g/mol.